The number of ether oxygens (including phenoxy) is 1. The van der Waals surface area contributed by atoms with Gasteiger partial charge in [-0.2, -0.15) is 0 Å². The Bertz CT molecular complexity index is 437. The van der Waals surface area contributed by atoms with Crippen LogP contribution in [0.5, 0.6) is 0 Å². The molecule has 1 aromatic carbocycles. The molecule has 1 atom stereocenters. The molecule has 0 aliphatic heterocycles. The van der Waals surface area contributed by atoms with E-state index in [9.17, 15) is 9.59 Å². The van der Waals surface area contributed by atoms with Crippen molar-refractivity contribution in [3.05, 3.63) is 35.4 Å². The Balaban J connectivity index is 3.31. The van der Waals surface area contributed by atoms with Crippen molar-refractivity contribution < 1.29 is 14.3 Å². The number of benzene rings is 1. The average Bonchev–Trinajstić information content (AvgIpc) is 2.28. The number of hydrogen-bond donors (Lipinski definition) is 0. The highest BCUT2D eigenvalue weighted by Crippen LogP contribution is 2.29. The minimum Gasteiger partial charge on any atom is -0.465 e. The summed E-state index contributed by atoms with van der Waals surface area (Å²) in [5, 5.41) is 0. The van der Waals surface area contributed by atoms with E-state index in [2.05, 4.69) is 0 Å². The molecule has 0 spiro atoms. The second kappa shape index (κ2) is 5.13. The molecule has 0 fully saturated rings. The van der Waals surface area contributed by atoms with E-state index in [0.717, 1.165) is 5.56 Å². The van der Waals surface area contributed by atoms with Crippen molar-refractivity contribution in [2.24, 2.45) is 0 Å². The van der Waals surface area contributed by atoms with E-state index in [-0.39, 0.29) is 12.4 Å². The molecule has 0 radical (unpaired) electrons. The van der Waals surface area contributed by atoms with Gasteiger partial charge in [-0.3, -0.25) is 9.59 Å². The summed E-state index contributed by atoms with van der Waals surface area (Å²) >= 11 is 0. The molecular formula is C14H18O3. The predicted molar refractivity (Wildman–Crippen MR) is 65.8 cm³/mol. The van der Waals surface area contributed by atoms with Crippen molar-refractivity contribution in [3.63, 3.8) is 0 Å². The molecule has 0 aliphatic rings. The van der Waals surface area contributed by atoms with Crippen LogP contribution in [0.1, 0.15) is 31.9 Å². The first-order chi connectivity index (χ1) is 7.94. The average molecular weight is 234 g/mol. The summed E-state index contributed by atoms with van der Waals surface area (Å²) < 4.78 is 5.02. The van der Waals surface area contributed by atoms with Crippen LogP contribution in [0.15, 0.2) is 24.3 Å². The van der Waals surface area contributed by atoms with Crippen LogP contribution in [-0.4, -0.2) is 18.4 Å². The number of carbonyl (C=O) groups is 2. The van der Waals surface area contributed by atoms with Crippen molar-refractivity contribution in [2.45, 2.75) is 33.1 Å². The third kappa shape index (κ3) is 2.38. The monoisotopic (exact) mass is 234 g/mol. The second-order valence-electron chi connectivity index (χ2n) is 4.22. The van der Waals surface area contributed by atoms with Crippen LogP contribution in [0, 0.1) is 6.92 Å². The van der Waals surface area contributed by atoms with E-state index in [1.54, 1.807) is 19.9 Å². The van der Waals surface area contributed by atoms with Gasteiger partial charge in [0.2, 0.25) is 0 Å². The molecule has 3 nitrogen and oxygen atoms in total. The fourth-order valence-corrected chi connectivity index (χ4v) is 1.85. The van der Waals surface area contributed by atoms with E-state index in [0.29, 0.717) is 5.56 Å². The minimum absolute atomic E-state index is 0.203. The molecule has 0 amide bonds. The molecule has 1 aromatic rings. The molecule has 0 saturated heterocycles. The third-order valence-electron chi connectivity index (χ3n) is 3.07. The van der Waals surface area contributed by atoms with Gasteiger partial charge in [-0.15, -0.1) is 0 Å². The Morgan fingerprint density at radius 1 is 1.29 bits per heavy atom. The minimum atomic E-state index is -1.21. The summed E-state index contributed by atoms with van der Waals surface area (Å²) in [5.41, 5.74) is 0.422. The molecule has 3 heteroatoms. The summed E-state index contributed by atoms with van der Waals surface area (Å²) in [6.45, 7) is 6.93. The molecule has 17 heavy (non-hydrogen) atoms. The Morgan fingerprint density at radius 2 is 1.88 bits per heavy atom. The first-order valence-corrected chi connectivity index (χ1v) is 5.69. The highest BCUT2D eigenvalue weighted by molar-refractivity contribution is 6.08. The van der Waals surface area contributed by atoms with Crippen molar-refractivity contribution in [1.29, 1.82) is 0 Å². The molecule has 1 rings (SSSR count). The van der Waals surface area contributed by atoms with E-state index in [1.807, 2.05) is 25.1 Å². The smallest absolute Gasteiger partial charge is 0.323 e. The largest absolute Gasteiger partial charge is 0.465 e. The number of ketones is 1. The zero-order valence-corrected chi connectivity index (χ0v) is 10.7. The van der Waals surface area contributed by atoms with Crippen molar-refractivity contribution in [1.82, 2.24) is 0 Å². The summed E-state index contributed by atoms with van der Waals surface area (Å²) in [5.74, 6) is -0.688. The van der Waals surface area contributed by atoms with Crippen LogP contribution in [0.3, 0.4) is 0 Å². The summed E-state index contributed by atoms with van der Waals surface area (Å²) in [6.07, 6.45) is 0. The zero-order chi connectivity index (χ0) is 13.1. The lowest BCUT2D eigenvalue weighted by atomic mass is 9.77. The molecule has 1 unspecified atom stereocenters. The Morgan fingerprint density at radius 3 is 2.35 bits per heavy atom. The highest BCUT2D eigenvalue weighted by Gasteiger charge is 2.42. The van der Waals surface area contributed by atoms with Crippen molar-refractivity contribution in [3.8, 4) is 0 Å². The van der Waals surface area contributed by atoms with Crippen LogP contribution in [0.2, 0.25) is 0 Å². The number of aryl methyl sites for hydroxylation is 1. The molecule has 0 bridgehead atoms. The molecule has 0 N–H and O–H groups in total. The maximum atomic E-state index is 12.0. The number of rotatable bonds is 4. The van der Waals surface area contributed by atoms with Crippen LogP contribution in [-0.2, 0) is 19.7 Å². The van der Waals surface area contributed by atoms with Gasteiger partial charge in [0.15, 0.2) is 5.78 Å². The molecule has 0 aromatic heterocycles. The quantitative estimate of drug-likeness (QED) is 0.593. The van der Waals surface area contributed by atoms with E-state index < -0.39 is 11.4 Å². The maximum absolute atomic E-state index is 12.0. The van der Waals surface area contributed by atoms with Crippen molar-refractivity contribution >= 4 is 11.8 Å². The number of hydrogen-bond acceptors (Lipinski definition) is 3. The maximum Gasteiger partial charge on any atom is 0.323 e. The summed E-state index contributed by atoms with van der Waals surface area (Å²) in [4.78, 5) is 23.8. The van der Waals surface area contributed by atoms with E-state index in [1.165, 1.54) is 6.92 Å². The van der Waals surface area contributed by atoms with Gasteiger partial charge in [0.1, 0.15) is 5.41 Å². The first-order valence-electron chi connectivity index (χ1n) is 5.69. The predicted octanol–water partition coefficient (Wildman–Crippen LogP) is 2.40. The van der Waals surface area contributed by atoms with Gasteiger partial charge in [-0.05, 0) is 38.8 Å². The zero-order valence-electron chi connectivity index (χ0n) is 10.7. The molecule has 0 heterocycles. The summed E-state index contributed by atoms with van der Waals surface area (Å²) in [6, 6.07) is 7.39. The summed E-state index contributed by atoms with van der Waals surface area (Å²) in [7, 11) is 0. The fraction of sp³-hybridized carbons (Fsp3) is 0.429. The fourth-order valence-electron chi connectivity index (χ4n) is 1.85. The van der Waals surface area contributed by atoms with Gasteiger partial charge >= 0.3 is 5.97 Å². The van der Waals surface area contributed by atoms with E-state index >= 15 is 0 Å². The lowest BCUT2D eigenvalue weighted by molar-refractivity contribution is -0.152. The van der Waals surface area contributed by atoms with Crippen LogP contribution < -0.4 is 0 Å². The number of esters is 1. The standard InChI is InChI=1S/C14H18O3/c1-5-17-13(16)14(4,11(3)15)12-9-7-6-8-10(12)2/h6-9H,5H2,1-4H3. The SMILES string of the molecule is CCOC(=O)C(C)(C(C)=O)c1ccccc1C. The lowest BCUT2D eigenvalue weighted by Crippen LogP contribution is -2.41. The molecule has 0 saturated carbocycles. The number of Topliss-reactive ketones (excluding diaryl/α,β-unsaturated/α-hetero) is 1. The normalized spacial score (nSPS) is 13.9. The third-order valence-corrected chi connectivity index (χ3v) is 3.07. The molecule has 0 aliphatic carbocycles. The molecular weight excluding hydrogens is 216 g/mol. The van der Waals surface area contributed by atoms with E-state index in [4.69, 9.17) is 4.74 Å². The Labute approximate surface area is 102 Å². The van der Waals surface area contributed by atoms with Crippen LogP contribution in [0.4, 0.5) is 0 Å². The Kier molecular flexibility index (Phi) is 4.05. The topological polar surface area (TPSA) is 43.4 Å². The second-order valence-corrected chi connectivity index (χ2v) is 4.22. The van der Waals surface area contributed by atoms with Crippen molar-refractivity contribution in [2.75, 3.05) is 6.61 Å². The lowest BCUT2D eigenvalue weighted by Gasteiger charge is -2.26. The number of carbonyl (C=O) groups excluding carboxylic acids is 2. The van der Waals surface area contributed by atoms with Gasteiger partial charge in [0.05, 0.1) is 6.61 Å². The highest BCUT2D eigenvalue weighted by atomic mass is 16.5. The first kappa shape index (κ1) is 13.4. The van der Waals surface area contributed by atoms with Crippen LogP contribution in [0.25, 0.3) is 0 Å². The van der Waals surface area contributed by atoms with Gasteiger partial charge in [0.25, 0.3) is 0 Å². The van der Waals surface area contributed by atoms with Gasteiger partial charge in [0, 0.05) is 0 Å². The van der Waals surface area contributed by atoms with Crippen LogP contribution >= 0.6 is 0 Å². The van der Waals surface area contributed by atoms with Gasteiger partial charge in [-0.25, -0.2) is 0 Å². The van der Waals surface area contributed by atoms with Gasteiger partial charge < -0.3 is 4.74 Å². The molecule has 92 valence electrons. The van der Waals surface area contributed by atoms with Gasteiger partial charge in [-0.1, -0.05) is 24.3 Å². The Hall–Kier alpha value is -1.64.